The lowest BCUT2D eigenvalue weighted by Crippen LogP contribution is -2.46. The fraction of sp³-hybridized carbons (Fsp3) is 0.259. The smallest absolute Gasteiger partial charge is 0.255 e. The first-order valence-electron chi connectivity index (χ1n) is 12.5. The van der Waals surface area contributed by atoms with E-state index in [0.29, 0.717) is 28.2 Å². The summed E-state index contributed by atoms with van der Waals surface area (Å²) in [5, 5.41) is 18.6. The zero-order valence-electron chi connectivity index (χ0n) is 22.5. The second kappa shape index (κ2) is 12.8. The topological polar surface area (TPSA) is 167 Å². The van der Waals surface area contributed by atoms with Gasteiger partial charge in [-0.3, -0.25) is 9.59 Å². The lowest BCUT2D eigenvalue weighted by atomic mass is 10.0. The summed E-state index contributed by atoms with van der Waals surface area (Å²) in [5.74, 6) is 4.94. The Bertz CT molecular complexity index is 1490. The fourth-order valence-corrected chi connectivity index (χ4v) is 4.56. The van der Waals surface area contributed by atoms with Gasteiger partial charge in [0.05, 0.1) is 36.7 Å². The van der Waals surface area contributed by atoms with Crippen LogP contribution in [0.5, 0.6) is 5.75 Å². The molecule has 14 heteroatoms. The van der Waals surface area contributed by atoms with E-state index in [1.165, 1.54) is 36.4 Å². The number of aliphatic hydroxyl groups is 1. The van der Waals surface area contributed by atoms with Gasteiger partial charge in [0, 0.05) is 37.0 Å². The van der Waals surface area contributed by atoms with Crippen LogP contribution in [0.15, 0.2) is 54.6 Å². The lowest BCUT2D eigenvalue weighted by Gasteiger charge is -2.26. The Labute approximate surface area is 240 Å². The Morgan fingerprint density at radius 3 is 2.78 bits per heavy atom. The number of methoxy groups -OCH3 is 1. The highest BCUT2D eigenvalue weighted by Crippen LogP contribution is 2.32. The molecule has 1 aliphatic heterocycles. The zero-order valence-corrected chi connectivity index (χ0v) is 23.3. The van der Waals surface area contributed by atoms with Crippen molar-refractivity contribution in [1.29, 1.82) is 0 Å². The average molecular weight is 585 g/mol. The van der Waals surface area contributed by atoms with E-state index in [9.17, 15) is 19.1 Å². The number of ether oxygens (including phenoxy) is 1. The summed E-state index contributed by atoms with van der Waals surface area (Å²) < 4.78 is 19.1. The van der Waals surface area contributed by atoms with Crippen LogP contribution in [-0.2, 0) is 11.3 Å². The largest absolute Gasteiger partial charge is 0.497 e. The second-order valence-electron chi connectivity index (χ2n) is 9.16. The first kappa shape index (κ1) is 29.5. The predicted octanol–water partition coefficient (Wildman–Crippen LogP) is 2.03. The van der Waals surface area contributed by atoms with Crippen molar-refractivity contribution in [2.45, 2.75) is 25.6 Å². The van der Waals surface area contributed by atoms with Crippen LogP contribution in [0.4, 0.5) is 10.3 Å². The van der Waals surface area contributed by atoms with Crippen molar-refractivity contribution in [1.82, 2.24) is 30.9 Å². The molecule has 12 nitrogen and oxygen atoms in total. The number of aromatic nitrogens is 2. The van der Waals surface area contributed by atoms with Gasteiger partial charge >= 0.3 is 0 Å². The van der Waals surface area contributed by atoms with Gasteiger partial charge in [0.2, 0.25) is 11.9 Å². The van der Waals surface area contributed by atoms with E-state index in [1.54, 1.807) is 38.4 Å². The minimum atomic E-state index is -0.901. The summed E-state index contributed by atoms with van der Waals surface area (Å²) in [7, 11) is 3.09. The van der Waals surface area contributed by atoms with Crippen LogP contribution in [0, 0.1) is 5.82 Å². The molecular weight excluding hydrogens is 555 g/mol. The summed E-state index contributed by atoms with van der Waals surface area (Å²) >= 11 is 6.39. The number of anilines is 1. The predicted molar refractivity (Wildman–Crippen MR) is 151 cm³/mol. The van der Waals surface area contributed by atoms with E-state index in [0.717, 1.165) is 5.56 Å². The van der Waals surface area contributed by atoms with E-state index < -0.39 is 30.4 Å². The monoisotopic (exact) mass is 584 g/mol. The number of nitrogens with zero attached hydrogens (tertiary/aromatic N) is 3. The molecule has 1 aliphatic rings. The molecule has 3 aromatic rings. The van der Waals surface area contributed by atoms with Crippen LogP contribution >= 0.6 is 11.6 Å². The van der Waals surface area contributed by atoms with Crippen LogP contribution < -0.4 is 32.0 Å². The summed E-state index contributed by atoms with van der Waals surface area (Å²) in [6.45, 7) is 1.31. The van der Waals surface area contributed by atoms with Crippen molar-refractivity contribution in [3.8, 4) is 17.0 Å². The summed E-state index contributed by atoms with van der Waals surface area (Å²) in [6, 6.07) is 7.36. The van der Waals surface area contributed by atoms with Gasteiger partial charge in [0.15, 0.2) is 0 Å². The van der Waals surface area contributed by atoms with Crippen molar-refractivity contribution in [3.63, 3.8) is 0 Å². The van der Waals surface area contributed by atoms with Crippen LogP contribution in [0.25, 0.3) is 11.3 Å². The maximum atomic E-state index is 14.0. The molecule has 0 saturated carbocycles. The molecule has 2 aromatic carbocycles. The van der Waals surface area contributed by atoms with Gasteiger partial charge in [0.25, 0.3) is 5.91 Å². The number of carbonyl (C=O) groups is 2. The van der Waals surface area contributed by atoms with Gasteiger partial charge in [0.1, 0.15) is 23.4 Å². The first-order valence-corrected chi connectivity index (χ1v) is 12.9. The molecular formula is C27H30ClFN8O4. The van der Waals surface area contributed by atoms with E-state index in [1.807, 2.05) is 0 Å². The molecule has 0 unspecified atom stereocenters. The van der Waals surface area contributed by atoms with Gasteiger partial charge in [-0.1, -0.05) is 23.7 Å². The quantitative estimate of drug-likeness (QED) is 0.145. The SMILES string of the molecule is CN/C=C(\NN)Nc1ncc(Cl)c(-c2ccc3c(c2)C(=O)N([C@H](C)C(=O)N[C@H](CO)c2cc(F)cc(OC)c2)C3)n1. The van der Waals surface area contributed by atoms with Crippen LogP contribution in [-0.4, -0.2) is 58.6 Å². The van der Waals surface area contributed by atoms with E-state index in [2.05, 4.69) is 31.3 Å². The minimum Gasteiger partial charge on any atom is -0.497 e. The third-order valence-corrected chi connectivity index (χ3v) is 6.80. The number of amides is 2. The molecule has 2 amide bonds. The number of nitrogens with two attached hydrogens (primary N) is 1. The van der Waals surface area contributed by atoms with Gasteiger partial charge in [-0.25, -0.2) is 20.2 Å². The lowest BCUT2D eigenvalue weighted by molar-refractivity contribution is -0.126. The van der Waals surface area contributed by atoms with Crippen LogP contribution in [0.3, 0.4) is 0 Å². The molecule has 0 spiro atoms. The van der Waals surface area contributed by atoms with Crippen molar-refractivity contribution >= 4 is 29.4 Å². The van der Waals surface area contributed by atoms with E-state index in [4.69, 9.17) is 22.2 Å². The number of hydrazine groups is 1. The minimum absolute atomic E-state index is 0.200. The third-order valence-electron chi connectivity index (χ3n) is 6.53. The Morgan fingerprint density at radius 1 is 1.32 bits per heavy atom. The number of carbonyl (C=O) groups excluding carboxylic acids is 2. The van der Waals surface area contributed by atoms with Crippen molar-refractivity contribution in [3.05, 3.63) is 82.1 Å². The standard InChI is InChI=1S/C27H30ClFN8O4/c1-14(25(39)33-22(13-38)17-6-18(29)9-19(7-17)41-3)37-12-16-5-4-15(8-20(16)26(37)40)24-21(28)10-32-27(35-24)34-23(36-30)11-31-2/h4-11,14,22,31,36,38H,12-13,30H2,1-3H3,(H,33,39)(H,32,34,35)/b23-11-/t14-,22-/m1/s1. The fourth-order valence-electron chi connectivity index (χ4n) is 4.36. The third kappa shape index (κ3) is 6.48. The van der Waals surface area contributed by atoms with Crippen molar-refractivity contribution in [2.24, 2.45) is 5.84 Å². The molecule has 2 atom stereocenters. The van der Waals surface area contributed by atoms with Gasteiger partial charge in [-0.15, -0.1) is 0 Å². The zero-order chi connectivity index (χ0) is 29.7. The van der Waals surface area contributed by atoms with E-state index in [-0.39, 0.29) is 29.2 Å². The highest BCUT2D eigenvalue weighted by molar-refractivity contribution is 6.33. The first-order chi connectivity index (χ1) is 19.7. The molecule has 216 valence electrons. The average Bonchev–Trinajstić information content (AvgIpc) is 3.30. The molecule has 0 saturated heterocycles. The Hall–Kier alpha value is -4.46. The number of aliphatic hydroxyl groups excluding tert-OH is 1. The van der Waals surface area contributed by atoms with Crippen LogP contribution in [0.2, 0.25) is 5.02 Å². The summed E-state index contributed by atoms with van der Waals surface area (Å²) in [4.78, 5) is 36.6. The molecule has 1 aromatic heterocycles. The molecule has 7 N–H and O–H groups in total. The molecule has 0 radical (unpaired) electrons. The highest BCUT2D eigenvalue weighted by atomic mass is 35.5. The Kier molecular flexibility index (Phi) is 9.22. The van der Waals surface area contributed by atoms with Gasteiger partial charge in [-0.05, 0) is 36.2 Å². The Balaban J connectivity index is 1.52. The van der Waals surface area contributed by atoms with Crippen molar-refractivity contribution < 1.29 is 23.8 Å². The molecule has 0 bridgehead atoms. The number of hydrogen-bond acceptors (Lipinski definition) is 10. The number of benzene rings is 2. The highest BCUT2D eigenvalue weighted by Gasteiger charge is 2.35. The van der Waals surface area contributed by atoms with Gasteiger partial charge in [-0.2, -0.15) is 0 Å². The number of fused-ring (bicyclic) bond motifs is 1. The Morgan fingerprint density at radius 2 is 2.10 bits per heavy atom. The molecule has 4 rings (SSSR count). The van der Waals surface area contributed by atoms with Gasteiger partial charge < -0.3 is 36.1 Å². The number of nitrogens with one attached hydrogen (secondary N) is 4. The maximum absolute atomic E-state index is 14.0. The summed E-state index contributed by atoms with van der Waals surface area (Å²) in [6.07, 6.45) is 3.01. The number of hydrogen-bond donors (Lipinski definition) is 6. The molecule has 0 fully saturated rings. The number of rotatable bonds is 11. The molecule has 2 heterocycles. The second-order valence-corrected chi connectivity index (χ2v) is 9.56. The molecule has 41 heavy (non-hydrogen) atoms. The normalized spacial score (nSPS) is 14.3. The maximum Gasteiger partial charge on any atom is 0.255 e. The van der Waals surface area contributed by atoms with Crippen LogP contribution in [0.1, 0.15) is 34.5 Å². The van der Waals surface area contributed by atoms with E-state index >= 15 is 0 Å². The number of halogens is 2. The summed E-state index contributed by atoms with van der Waals surface area (Å²) in [5.41, 5.74) is 4.90. The molecule has 0 aliphatic carbocycles. The van der Waals surface area contributed by atoms with Crippen molar-refractivity contribution in [2.75, 3.05) is 26.1 Å².